The molecule has 94 valence electrons. The molecule has 0 fully saturated rings. The van der Waals surface area contributed by atoms with Crippen LogP contribution in [0.5, 0.6) is 5.75 Å². The van der Waals surface area contributed by atoms with Gasteiger partial charge in [0, 0.05) is 18.0 Å². The number of carboxylic acid groups (broad SMARTS) is 1. The van der Waals surface area contributed by atoms with E-state index in [1.165, 1.54) is 13.2 Å². The van der Waals surface area contributed by atoms with Crippen LogP contribution in [0.2, 0.25) is 0 Å². The third-order valence-electron chi connectivity index (χ3n) is 2.35. The second-order valence-electron chi connectivity index (χ2n) is 3.52. The van der Waals surface area contributed by atoms with Crippen LogP contribution in [0.1, 0.15) is 24.4 Å². The zero-order valence-electron chi connectivity index (χ0n) is 9.24. The number of carbonyl (C=O) groups is 1. The smallest absolute Gasteiger partial charge is 0.303 e. The molecule has 17 heavy (non-hydrogen) atoms. The number of benzene rings is 1. The number of nitrogens with two attached hydrogens (primary N) is 1. The second-order valence-corrected chi connectivity index (χ2v) is 4.38. The summed E-state index contributed by atoms with van der Waals surface area (Å²) in [5.41, 5.74) is 6.28. The summed E-state index contributed by atoms with van der Waals surface area (Å²) in [7, 11) is 1.35. The van der Waals surface area contributed by atoms with Crippen molar-refractivity contribution in [3.63, 3.8) is 0 Å². The van der Waals surface area contributed by atoms with E-state index in [1.807, 2.05) is 0 Å². The molecular formula is C11H13BrFNO3. The molecule has 0 spiro atoms. The molecule has 1 rings (SSSR count). The summed E-state index contributed by atoms with van der Waals surface area (Å²) >= 11 is 3.04. The van der Waals surface area contributed by atoms with E-state index in [9.17, 15) is 9.18 Å². The average Bonchev–Trinajstić information content (AvgIpc) is 2.29. The van der Waals surface area contributed by atoms with Gasteiger partial charge in [-0.05, 0) is 28.4 Å². The van der Waals surface area contributed by atoms with Crippen LogP contribution < -0.4 is 10.5 Å². The Labute approximate surface area is 107 Å². The van der Waals surface area contributed by atoms with Crippen molar-refractivity contribution in [1.82, 2.24) is 0 Å². The molecule has 1 unspecified atom stereocenters. The Bertz CT molecular complexity index is 425. The third kappa shape index (κ3) is 3.41. The van der Waals surface area contributed by atoms with Crippen molar-refractivity contribution in [1.29, 1.82) is 0 Å². The minimum atomic E-state index is -0.933. The molecular weight excluding hydrogens is 293 g/mol. The van der Waals surface area contributed by atoms with Gasteiger partial charge in [0.05, 0.1) is 11.6 Å². The van der Waals surface area contributed by atoms with E-state index in [0.29, 0.717) is 5.56 Å². The molecule has 4 nitrogen and oxygen atoms in total. The normalized spacial score (nSPS) is 12.2. The molecule has 3 N–H and O–H groups in total. The molecule has 0 radical (unpaired) electrons. The molecule has 0 amide bonds. The molecule has 1 aromatic carbocycles. The topological polar surface area (TPSA) is 72.5 Å². The van der Waals surface area contributed by atoms with Crippen molar-refractivity contribution >= 4 is 21.9 Å². The lowest BCUT2D eigenvalue weighted by Gasteiger charge is -2.16. The molecule has 0 aliphatic rings. The maximum absolute atomic E-state index is 13.7. The van der Waals surface area contributed by atoms with Crippen molar-refractivity contribution in [3.05, 3.63) is 28.0 Å². The summed E-state index contributed by atoms with van der Waals surface area (Å²) < 4.78 is 18.9. The molecule has 0 aliphatic carbocycles. The molecule has 0 aromatic heterocycles. The lowest BCUT2D eigenvalue weighted by atomic mass is 10.0. The maximum Gasteiger partial charge on any atom is 0.303 e. The third-order valence-corrected chi connectivity index (χ3v) is 2.97. The first kappa shape index (κ1) is 13.9. The van der Waals surface area contributed by atoms with Gasteiger partial charge in [0.2, 0.25) is 0 Å². The van der Waals surface area contributed by atoms with Gasteiger partial charge in [-0.3, -0.25) is 4.79 Å². The van der Waals surface area contributed by atoms with Gasteiger partial charge in [0.1, 0.15) is 0 Å². The highest BCUT2D eigenvalue weighted by atomic mass is 79.9. The molecule has 0 saturated carbocycles. The van der Waals surface area contributed by atoms with Crippen molar-refractivity contribution in [2.75, 3.05) is 7.11 Å². The first-order chi connectivity index (χ1) is 7.97. The molecule has 0 heterocycles. The van der Waals surface area contributed by atoms with Gasteiger partial charge in [-0.1, -0.05) is 6.07 Å². The predicted molar refractivity (Wildman–Crippen MR) is 64.5 cm³/mol. The number of methoxy groups -OCH3 is 1. The largest absolute Gasteiger partial charge is 0.493 e. The van der Waals surface area contributed by atoms with Crippen LogP contribution in [-0.2, 0) is 4.79 Å². The van der Waals surface area contributed by atoms with Crippen LogP contribution in [0.25, 0.3) is 0 Å². The lowest BCUT2D eigenvalue weighted by molar-refractivity contribution is -0.137. The lowest BCUT2D eigenvalue weighted by Crippen LogP contribution is -2.14. The van der Waals surface area contributed by atoms with Gasteiger partial charge < -0.3 is 15.6 Å². The van der Waals surface area contributed by atoms with Gasteiger partial charge >= 0.3 is 5.97 Å². The Morgan fingerprint density at radius 1 is 1.65 bits per heavy atom. The fourth-order valence-corrected chi connectivity index (χ4v) is 1.79. The van der Waals surface area contributed by atoms with E-state index in [-0.39, 0.29) is 23.1 Å². The number of ether oxygens (including phenoxy) is 1. The van der Waals surface area contributed by atoms with Gasteiger partial charge in [0.15, 0.2) is 11.6 Å². The summed E-state index contributed by atoms with van der Waals surface area (Å²) in [5.74, 6) is -1.41. The predicted octanol–water partition coefficient (Wildman–Crippen LogP) is 2.46. The van der Waals surface area contributed by atoms with E-state index in [1.54, 1.807) is 6.07 Å². The quantitative estimate of drug-likeness (QED) is 0.876. The number of aliphatic carboxylic acids is 1. The monoisotopic (exact) mass is 305 g/mol. The van der Waals surface area contributed by atoms with Crippen molar-refractivity contribution in [2.24, 2.45) is 5.73 Å². The summed E-state index contributed by atoms with van der Waals surface area (Å²) in [6, 6.07) is 2.58. The molecule has 6 heteroatoms. The highest BCUT2D eigenvalue weighted by molar-refractivity contribution is 9.10. The van der Waals surface area contributed by atoms with E-state index >= 15 is 0 Å². The summed E-state index contributed by atoms with van der Waals surface area (Å²) in [5, 5.41) is 8.57. The number of hydrogen-bond donors (Lipinski definition) is 2. The standard InChI is InChI=1S/C11H13BrFNO3/c1-17-11-6(2-3-7(12)10(11)13)8(14)4-5-9(15)16/h2-3,8H,4-5,14H2,1H3,(H,15,16). The SMILES string of the molecule is COc1c(C(N)CCC(=O)O)ccc(Br)c1F. The summed E-state index contributed by atoms with van der Waals surface area (Å²) in [4.78, 5) is 10.4. The van der Waals surface area contributed by atoms with Crippen LogP contribution in [0.15, 0.2) is 16.6 Å². The van der Waals surface area contributed by atoms with Crippen LogP contribution in [0.3, 0.4) is 0 Å². The van der Waals surface area contributed by atoms with E-state index < -0.39 is 17.8 Å². The Kier molecular flexibility index (Phi) is 4.89. The Balaban J connectivity index is 2.97. The molecule has 0 aliphatic heterocycles. The van der Waals surface area contributed by atoms with Gasteiger partial charge in [-0.2, -0.15) is 0 Å². The number of halogens is 2. The number of hydrogen-bond acceptors (Lipinski definition) is 3. The van der Waals surface area contributed by atoms with Gasteiger partial charge in [0.25, 0.3) is 0 Å². The van der Waals surface area contributed by atoms with E-state index in [2.05, 4.69) is 15.9 Å². The Hall–Kier alpha value is -1.14. The molecule has 1 atom stereocenters. The minimum Gasteiger partial charge on any atom is -0.493 e. The first-order valence-corrected chi connectivity index (χ1v) is 5.76. The van der Waals surface area contributed by atoms with Crippen LogP contribution in [0, 0.1) is 5.82 Å². The van der Waals surface area contributed by atoms with Crippen molar-refractivity contribution in [2.45, 2.75) is 18.9 Å². The van der Waals surface area contributed by atoms with Crippen LogP contribution in [-0.4, -0.2) is 18.2 Å². The summed E-state index contributed by atoms with van der Waals surface area (Å²) in [6.07, 6.45) is 0.161. The van der Waals surface area contributed by atoms with E-state index in [0.717, 1.165) is 0 Å². The molecule has 0 saturated heterocycles. The van der Waals surface area contributed by atoms with Crippen LogP contribution in [0.4, 0.5) is 4.39 Å². The minimum absolute atomic E-state index is 0.0530. The number of rotatable bonds is 5. The van der Waals surface area contributed by atoms with Gasteiger partial charge in [-0.25, -0.2) is 4.39 Å². The van der Waals surface area contributed by atoms with Crippen molar-refractivity contribution in [3.8, 4) is 5.75 Å². The average molecular weight is 306 g/mol. The maximum atomic E-state index is 13.7. The Morgan fingerprint density at radius 3 is 2.82 bits per heavy atom. The van der Waals surface area contributed by atoms with Crippen molar-refractivity contribution < 1.29 is 19.0 Å². The zero-order valence-corrected chi connectivity index (χ0v) is 10.8. The fraction of sp³-hybridized carbons (Fsp3) is 0.364. The van der Waals surface area contributed by atoms with Gasteiger partial charge in [-0.15, -0.1) is 0 Å². The first-order valence-electron chi connectivity index (χ1n) is 4.96. The Morgan fingerprint density at radius 2 is 2.29 bits per heavy atom. The van der Waals surface area contributed by atoms with Crippen LogP contribution >= 0.6 is 15.9 Å². The highest BCUT2D eigenvalue weighted by Crippen LogP contribution is 2.33. The molecule has 1 aromatic rings. The molecule has 0 bridgehead atoms. The fourth-order valence-electron chi connectivity index (χ4n) is 1.48. The highest BCUT2D eigenvalue weighted by Gasteiger charge is 2.18. The number of carboxylic acids is 1. The second kappa shape index (κ2) is 5.97. The zero-order chi connectivity index (χ0) is 13.0. The van der Waals surface area contributed by atoms with E-state index in [4.69, 9.17) is 15.6 Å². The summed E-state index contributed by atoms with van der Waals surface area (Å²) in [6.45, 7) is 0.